The van der Waals surface area contributed by atoms with E-state index < -0.39 is 11.9 Å². The first-order valence-electron chi connectivity index (χ1n) is 5.84. The fourth-order valence-electron chi connectivity index (χ4n) is 1.94. The molecule has 3 N–H and O–H groups in total. The number of nitrogens with one attached hydrogen (secondary N) is 1. The quantitative estimate of drug-likeness (QED) is 0.889. The van der Waals surface area contributed by atoms with E-state index >= 15 is 0 Å². The summed E-state index contributed by atoms with van der Waals surface area (Å²) in [4.78, 5) is 23.3. The van der Waals surface area contributed by atoms with Crippen molar-refractivity contribution in [3.63, 3.8) is 0 Å². The van der Waals surface area contributed by atoms with Crippen molar-refractivity contribution in [2.45, 2.75) is 19.4 Å². The van der Waals surface area contributed by atoms with Crippen molar-refractivity contribution in [2.24, 2.45) is 17.6 Å². The third-order valence-corrected chi connectivity index (χ3v) is 3.69. The molecule has 0 radical (unpaired) electrons. The molecule has 0 saturated heterocycles. The van der Waals surface area contributed by atoms with Gasteiger partial charge in [0.2, 0.25) is 11.8 Å². The van der Waals surface area contributed by atoms with E-state index in [9.17, 15) is 9.59 Å². The fraction of sp³-hybridized carbons (Fsp3) is 0.385. The van der Waals surface area contributed by atoms with Crippen LogP contribution in [0, 0.1) is 11.8 Å². The molecular weight excluding hydrogens is 296 g/mol. The maximum Gasteiger partial charge on any atom is 0.244 e. The van der Waals surface area contributed by atoms with Gasteiger partial charge in [0.15, 0.2) is 0 Å². The molecule has 1 aliphatic carbocycles. The largest absolute Gasteiger partial charge is 0.368 e. The average Bonchev–Trinajstić information content (AvgIpc) is 3.02. The van der Waals surface area contributed by atoms with E-state index in [-0.39, 0.29) is 11.8 Å². The van der Waals surface area contributed by atoms with Gasteiger partial charge in [-0.3, -0.25) is 9.59 Å². The van der Waals surface area contributed by atoms with Gasteiger partial charge in [0.05, 0.1) is 0 Å². The number of hydrogen-bond acceptors (Lipinski definition) is 2. The van der Waals surface area contributed by atoms with E-state index in [0.29, 0.717) is 11.5 Å². The van der Waals surface area contributed by atoms with Crippen molar-refractivity contribution in [2.75, 3.05) is 0 Å². The van der Waals surface area contributed by atoms with Gasteiger partial charge in [-0.15, -0.1) is 0 Å². The Kier molecular flexibility index (Phi) is 3.71. The number of carbonyl (C=O) groups is 2. The first-order chi connectivity index (χ1) is 8.49. The summed E-state index contributed by atoms with van der Waals surface area (Å²) in [6, 6.07) is 6.46. The molecule has 0 heterocycles. The van der Waals surface area contributed by atoms with E-state index in [1.54, 1.807) is 18.2 Å². The highest BCUT2D eigenvalue weighted by Gasteiger charge is 2.40. The van der Waals surface area contributed by atoms with Crippen LogP contribution in [0.4, 0.5) is 0 Å². The molecule has 4 nitrogen and oxygen atoms in total. The molecule has 2 amide bonds. The maximum atomic E-state index is 11.9. The average molecular weight is 311 g/mol. The van der Waals surface area contributed by atoms with Gasteiger partial charge < -0.3 is 11.1 Å². The molecule has 0 aliphatic heterocycles. The number of rotatable bonds is 4. The van der Waals surface area contributed by atoms with Crippen LogP contribution in [-0.4, -0.2) is 11.8 Å². The van der Waals surface area contributed by atoms with Crippen LogP contribution in [0.25, 0.3) is 0 Å². The molecule has 5 heteroatoms. The topological polar surface area (TPSA) is 72.2 Å². The van der Waals surface area contributed by atoms with Gasteiger partial charge in [0.1, 0.15) is 6.04 Å². The van der Waals surface area contributed by atoms with Crippen LogP contribution in [0.3, 0.4) is 0 Å². The Morgan fingerprint density at radius 3 is 2.67 bits per heavy atom. The number of carbonyl (C=O) groups excluding carboxylic acids is 2. The van der Waals surface area contributed by atoms with E-state index in [1.165, 1.54) is 0 Å². The van der Waals surface area contributed by atoms with Crippen LogP contribution < -0.4 is 11.1 Å². The first kappa shape index (κ1) is 13.1. The summed E-state index contributed by atoms with van der Waals surface area (Å²) in [6.45, 7) is 2.02. The van der Waals surface area contributed by atoms with Crippen molar-refractivity contribution >= 4 is 27.7 Å². The van der Waals surface area contributed by atoms with Crippen LogP contribution in [0.2, 0.25) is 0 Å². The predicted molar refractivity (Wildman–Crippen MR) is 71.5 cm³/mol. The standard InChI is InChI=1S/C13H15BrN2O2/c1-7-5-10(7)13(18)16-11(12(15)17)8-3-2-4-9(14)6-8/h2-4,6-7,10-11H,5H2,1H3,(H2,15,17)(H,16,18)/t7-,10-,11+/m1/s1. The fourth-order valence-corrected chi connectivity index (χ4v) is 2.36. The van der Waals surface area contributed by atoms with Gasteiger partial charge in [-0.05, 0) is 30.0 Å². The minimum Gasteiger partial charge on any atom is -0.368 e. The first-order valence-corrected chi connectivity index (χ1v) is 6.63. The van der Waals surface area contributed by atoms with E-state index in [1.807, 2.05) is 13.0 Å². The SMILES string of the molecule is C[C@@H]1C[C@H]1C(=O)N[C@H](C(N)=O)c1cccc(Br)c1. The predicted octanol–water partition coefficient (Wildman–Crippen LogP) is 1.75. The second-order valence-corrected chi connectivity index (χ2v) is 5.63. The summed E-state index contributed by atoms with van der Waals surface area (Å²) in [5, 5.41) is 2.72. The Labute approximate surface area is 114 Å². The van der Waals surface area contributed by atoms with Gasteiger partial charge in [-0.2, -0.15) is 0 Å². The molecule has 1 fully saturated rings. The van der Waals surface area contributed by atoms with E-state index in [0.717, 1.165) is 10.9 Å². The number of hydrogen-bond donors (Lipinski definition) is 2. The highest BCUT2D eigenvalue weighted by molar-refractivity contribution is 9.10. The molecule has 96 valence electrons. The van der Waals surface area contributed by atoms with Crippen molar-refractivity contribution in [1.29, 1.82) is 0 Å². The van der Waals surface area contributed by atoms with Gasteiger partial charge in [0, 0.05) is 10.4 Å². The van der Waals surface area contributed by atoms with E-state index in [2.05, 4.69) is 21.2 Å². The van der Waals surface area contributed by atoms with Crippen molar-refractivity contribution in [1.82, 2.24) is 5.32 Å². The third kappa shape index (κ3) is 2.90. The molecule has 0 spiro atoms. The van der Waals surface area contributed by atoms with Crippen LogP contribution in [0.5, 0.6) is 0 Å². The minimum absolute atomic E-state index is 0.0269. The summed E-state index contributed by atoms with van der Waals surface area (Å²) in [5.41, 5.74) is 6.05. The maximum absolute atomic E-state index is 11.9. The second kappa shape index (κ2) is 5.10. The summed E-state index contributed by atoms with van der Waals surface area (Å²) in [5.74, 6) is -0.207. The lowest BCUT2D eigenvalue weighted by molar-refractivity contribution is -0.128. The summed E-state index contributed by atoms with van der Waals surface area (Å²) in [6.07, 6.45) is 0.885. The molecule has 2 rings (SSSR count). The Hall–Kier alpha value is -1.36. The van der Waals surface area contributed by atoms with E-state index in [4.69, 9.17) is 5.73 Å². The summed E-state index contributed by atoms with van der Waals surface area (Å²) in [7, 11) is 0. The van der Waals surface area contributed by atoms with Crippen LogP contribution >= 0.6 is 15.9 Å². The lowest BCUT2D eigenvalue weighted by Gasteiger charge is -2.16. The Bertz CT molecular complexity index is 490. The number of nitrogens with two attached hydrogens (primary N) is 1. The zero-order valence-electron chi connectivity index (χ0n) is 10.0. The lowest BCUT2D eigenvalue weighted by atomic mass is 10.1. The zero-order valence-corrected chi connectivity index (χ0v) is 11.6. The molecule has 1 aliphatic rings. The molecule has 1 aromatic carbocycles. The minimum atomic E-state index is -0.761. The Morgan fingerprint density at radius 1 is 1.50 bits per heavy atom. The summed E-state index contributed by atoms with van der Waals surface area (Å²) < 4.78 is 0.847. The molecule has 18 heavy (non-hydrogen) atoms. The van der Waals surface area contributed by atoms with Gasteiger partial charge >= 0.3 is 0 Å². The Balaban J connectivity index is 2.13. The third-order valence-electron chi connectivity index (χ3n) is 3.20. The highest BCUT2D eigenvalue weighted by atomic mass is 79.9. The van der Waals surface area contributed by atoms with Gasteiger partial charge in [0.25, 0.3) is 0 Å². The molecule has 3 atom stereocenters. The van der Waals surface area contributed by atoms with Crippen molar-refractivity contribution in [3.05, 3.63) is 34.3 Å². The number of amides is 2. The van der Waals surface area contributed by atoms with Crippen LogP contribution in [-0.2, 0) is 9.59 Å². The molecule has 0 unspecified atom stereocenters. The molecule has 1 aromatic rings. The zero-order chi connectivity index (χ0) is 13.3. The molecule has 0 bridgehead atoms. The van der Waals surface area contributed by atoms with Gasteiger partial charge in [-0.25, -0.2) is 0 Å². The number of halogens is 1. The summed E-state index contributed by atoms with van der Waals surface area (Å²) >= 11 is 3.33. The molecule has 1 saturated carbocycles. The highest BCUT2D eigenvalue weighted by Crippen LogP contribution is 2.38. The normalized spacial score (nSPS) is 23.2. The van der Waals surface area contributed by atoms with Crippen LogP contribution in [0.1, 0.15) is 24.9 Å². The lowest BCUT2D eigenvalue weighted by Crippen LogP contribution is -2.38. The van der Waals surface area contributed by atoms with Crippen molar-refractivity contribution < 1.29 is 9.59 Å². The second-order valence-electron chi connectivity index (χ2n) is 4.72. The molecular formula is C13H15BrN2O2. The smallest absolute Gasteiger partial charge is 0.244 e. The molecule has 0 aromatic heterocycles. The number of primary amides is 1. The Morgan fingerprint density at radius 2 is 2.17 bits per heavy atom. The number of benzene rings is 1. The van der Waals surface area contributed by atoms with Gasteiger partial charge in [-0.1, -0.05) is 35.0 Å². The van der Waals surface area contributed by atoms with Crippen LogP contribution in [0.15, 0.2) is 28.7 Å². The monoisotopic (exact) mass is 310 g/mol. The van der Waals surface area contributed by atoms with Crippen molar-refractivity contribution in [3.8, 4) is 0 Å².